The summed E-state index contributed by atoms with van der Waals surface area (Å²) < 4.78 is 24.9. The lowest BCUT2D eigenvalue weighted by Gasteiger charge is -2.00. The van der Waals surface area contributed by atoms with Crippen LogP contribution in [0.5, 0.6) is 0 Å². The summed E-state index contributed by atoms with van der Waals surface area (Å²) in [6, 6.07) is 10.9. The first-order valence-corrected chi connectivity index (χ1v) is 8.23. The maximum absolute atomic E-state index is 12.0. The van der Waals surface area contributed by atoms with Crippen molar-refractivity contribution in [3.63, 3.8) is 0 Å². The first kappa shape index (κ1) is 14.0. The monoisotopic (exact) mass is 338 g/mol. The van der Waals surface area contributed by atoms with E-state index in [1.54, 1.807) is 24.3 Å². The van der Waals surface area contributed by atoms with Crippen molar-refractivity contribution in [2.45, 2.75) is 18.1 Å². The number of sulfone groups is 1. The molecule has 0 N–H and O–H groups in total. The molecule has 0 unspecified atom stereocenters. The zero-order valence-corrected chi connectivity index (χ0v) is 12.6. The molecule has 98 valence electrons. The smallest absolute Gasteiger partial charge is 0.169 e. The van der Waals surface area contributed by atoms with Crippen LogP contribution in [0.4, 0.5) is 0 Å². The van der Waals surface area contributed by atoms with E-state index in [1.807, 2.05) is 12.1 Å². The van der Waals surface area contributed by atoms with Crippen molar-refractivity contribution in [3.8, 4) is 12.1 Å². The van der Waals surface area contributed by atoms with E-state index < -0.39 is 26.4 Å². The molecule has 0 aliphatic heterocycles. The van der Waals surface area contributed by atoms with E-state index in [4.69, 9.17) is 0 Å². The van der Waals surface area contributed by atoms with E-state index in [9.17, 15) is 18.9 Å². The second kappa shape index (κ2) is 4.63. The average Bonchev–Trinajstić information content (AvgIpc) is 3.10. The zero-order chi connectivity index (χ0) is 14.3. The molecule has 4 nitrogen and oxygen atoms in total. The number of nitriles is 2. The minimum absolute atomic E-state index is 0.0597. The van der Waals surface area contributed by atoms with Gasteiger partial charge in [-0.3, -0.25) is 0 Å². The fourth-order valence-electron chi connectivity index (χ4n) is 2.43. The first-order chi connectivity index (χ1) is 8.93. The summed E-state index contributed by atoms with van der Waals surface area (Å²) in [6.07, 6.45) is 0. The summed E-state index contributed by atoms with van der Waals surface area (Å²) in [5.74, 6) is -0.615. The summed E-state index contributed by atoms with van der Waals surface area (Å²) in [7, 11) is -3.42. The molecule has 2 atom stereocenters. The van der Waals surface area contributed by atoms with Crippen molar-refractivity contribution in [1.29, 1.82) is 10.5 Å². The minimum Gasteiger partial charge on any atom is -0.228 e. The fraction of sp³-hybridized carbons (Fsp3) is 0.385. The number of halogens is 1. The maximum Gasteiger partial charge on any atom is 0.169 e. The molecule has 2 rings (SSSR count). The molecule has 0 heterocycles. The fourth-order valence-corrected chi connectivity index (χ4v) is 4.58. The van der Waals surface area contributed by atoms with Crippen molar-refractivity contribution in [3.05, 3.63) is 34.3 Å². The molecule has 0 amide bonds. The SMILES string of the molecule is CCS(=O)(=O)[C@H]1[C@@H](c2ccc(Br)cc2)C1(C#N)C#N. The molecular weight excluding hydrogens is 328 g/mol. The standard InChI is InChI=1S/C13H11BrN2O2S/c1-2-19(17,18)12-11(13(12,7-15)8-16)9-3-5-10(14)6-4-9/h3-6,11-12H,2H2,1H3/t11-,12+/m1/s1. The van der Waals surface area contributed by atoms with Gasteiger partial charge in [0.15, 0.2) is 15.3 Å². The van der Waals surface area contributed by atoms with Crippen molar-refractivity contribution in [2.24, 2.45) is 5.41 Å². The van der Waals surface area contributed by atoms with Gasteiger partial charge in [0, 0.05) is 16.1 Å². The van der Waals surface area contributed by atoms with E-state index in [0.29, 0.717) is 5.56 Å². The Morgan fingerprint density at radius 3 is 2.21 bits per heavy atom. The molecule has 0 saturated heterocycles. The highest BCUT2D eigenvalue weighted by atomic mass is 79.9. The summed E-state index contributed by atoms with van der Waals surface area (Å²) in [5.41, 5.74) is -0.726. The van der Waals surface area contributed by atoms with Gasteiger partial charge in [0.05, 0.1) is 12.1 Å². The highest BCUT2D eigenvalue weighted by Crippen LogP contribution is 2.62. The van der Waals surface area contributed by atoms with Crippen LogP contribution in [0, 0.1) is 28.1 Å². The van der Waals surface area contributed by atoms with Crippen molar-refractivity contribution in [2.75, 3.05) is 5.75 Å². The Morgan fingerprint density at radius 2 is 1.79 bits per heavy atom. The Kier molecular flexibility index (Phi) is 3.42. The van der Waals surface area contributed by atoms with Gasteiger partial charge < -0.3 is 0 Å². The third-order valence-corrected chi connectivity index (χ3v) is 6.27. The molecule has 1 fully saturated rings. The summed E-state index contributed by atoms with van der Waals surface area (Å²) >= 11 is 3.30. The van der Waals surface area contributed by atoms with Crippen molar-refractivity contribution >= 4 is 25.8 Å². The van der Waals surface area contributed by atoms with E-state index in [2.05, 4.69) is 15.9 Å². The minimum atomic E-state index is -3.42. The van der Waals surface area contributed by atoms with Gasteiger partial charge in [-0.15, -0.1) is 0 Å². The molecule has 6 heteroatoms. The first-order valence-electron chi connectivity index (χ1n) is 5.72. The molecule has 1 aromatic rings. The number of rotatable bonds is 3. The lowest BCUT2D eigenvalue weighted by atomic mass is 10.0. The van der Waals surface area contributed by atoms with Crippen LogP contribution in [0.1, 0.15) is 18.4 Å². The number of hydrogen-bond donors (Lipinski definition) is 0. The van der Waals surface area contributed by atoms with Crippen LogP contribution in [0.25, 0.3) is 0 Å². The predicted molar refractivity (Wildman–Crippen MR) is 73.8 cm³/mol. The van der Waals surface area contributed by atoms with Gasteiger partial charge in [-0.1, -0.05) is 35.0 Å². The predicted octanol–water partition coefficient (Wildman–Crippen LogP) is 2.38. The lowest BCUT2D eigenvalue weighted by molar-refractivity contribution is 0.592. The quantitative estimate of drug-likeness (QED) is 0.847. The average molecular weight is 339 g/mol. The van der Waals surface area contributed by atoms with Crippen molar-refractivity contribution in [1.82, 2.24) is 0 Å². The number of hydrogen-bond acceptors (Lipinski definition) is 4. The third-order valence-electron chi connectivity index (χ3n) is 3.52. The topological polar surface area (TPSA) is 81.7 Å². The molecule has 0 bridgehead atoms. The lowest BCUT2D eigenvalue weighted by Crippen LogP contribution is -2.15. The van der Waals surface area contributed by atoms with E-state index in [1.165, 1.54) is 6.92 Å². The summed E-state index contributed by atoms with van der Waals surface area (Å²) in [6.45, 7) is 1.53. The normalized spacial score (nSPS) is 24.2. The Bertz CT molecular complexity index is 669. The van der Waals surface area contributed by atoms with E-state index in [0.717, 1.165) is 4.47 Å². The molecule has 1 aliphatic carbocycles. The van der Waals surface area contributed by atoms with Crippen molar-refractivity contribution < 1.29 is 8.42 Å². The highest BCUT2D eigenvalue weighted by molar-refractivity contribution is 9.10. The van der Waals surface area contributed by atoms with E-state index >= 15 is 0 Å². The Hall–Kier alpha value is -1.37. The Morgan fingerprint density at radius 1 is 1.26 bits per heavy atom. The van der Waals surface area contributed by atoms with Crippen LogP contribution in [0.15, 0.2) is 28.7 Å². The third kappa shape index (κ3) is 2.05. The number of benzene rings is 1. The van der Waals surface area contributed by atoms with Crippen LogP contribution >= 0.6 is 15.9 Å². The molecule has 1 aliphatic rings. The summed E-state index contributed by atoms with van der Waals surface area (Å²) in [4.78, 5) is 0. The molecule has 0 aromatic heterocycles. The molecule has 1 saturated carbocycles. The zero-order valence-electron chi connectivity index (χ0n) is 10.2. The van der Waals surface area contributed by atoms with Crippen LogP contribution in [-0.4, -0.2) is 19.4 Å². The van der Waals surface area contributed by atoms with Gasteiger partial charge in [-0.05, 0) is 17.7 Å². The van der Waals surface area contributed by atoms with Gasteiger partial charge in [0.1, 0.15) is 5.25 Å². The van der Waals surface area contributed by atoms with Gasteiger partial charge in [-0.25, -0.2) is 8.42 Å². The van der Waals surface area contributed by atoms with Gasteiger partial charge >= 0.3 is 0 Å². The highest BCUT2D eigenvalue weighted by Gasteiger charge is 2.72. The molecule has 1 aromatic carbocycles. The molecule has 0 spiro atoms. The Labute approximate surface area is 120 Å². The van der Waals surface area contributed by atoms with Crippen LogP contribution < -0.4 is 0 Å². The second-order valence-electron chi connectivity index (χ2n) is 4.49. The Balaban J connectivity index is 2.50. The van der Waals surface area contributed by atoms with Gasteiger partial charge in [-0.2, -0.15) is 10.5 Å². The molecular formula is C13H11BrN2O2S. The number of nitrogens with zero attached hydrogens (tertiary/aromatic N) is 2. The van der Waals surface area contributed by atoms with Gasteiger partial charge in [0.25, 0.3) is 0 Å². The largest absolute Gasteiger partial charge is 0.228 e. The van der Waals surface area contributed by atoms with E-state index in [-0.39, 0.29) is 5.75 Å². The van der Waals surface area contributed by atoms with Crippen LogP contribution in [0.2, 0.25) is 0 Å². The maximum atomic E-state index is 12.0. The van der Waals surface area contributed by atoms with Gasteiger partial charge in [0.2, 0.25) is 0 Å². The molecule has 19 heavy (non-hydrogen) atoms. The second-order valence-corrected chi connectivity index (χ2v) is 7.82. The van der Waals surface area contributed by atoms with Crippen LogP contribution in [-0.2, 0) is 9.84 Å². The molecule has 0 radical (unpaired) electrons. The van der Waals surface area contributed by atoms with Crippen LogP contribution in [0.3, 0.4) is 0 Å². The summed E-state index contributed by atoms with van der Waals surface area (Å²) in [5, 5.41) is 17.5.